The molecule has 0 saturated carbocycles. The van der Waals surface area contributed by atoms with Crippen molar-refractivity contribution in [2.24, 2.45) is 4.99 Å². The Bertz CT molecular complexity index is 1940. The number of carbonyl (C=O) groups is 2. The van der Waals surface area contributed by atoms with Gasteiger partial charge in [0.05, 0.1) is 34.0 Å². The second-order valence-corrected chi connectivity index (χ2v) is 10.8. The molecular weight excluding hydrogens is 572 g/mol. The number of hydrogen-bond acceptors (Lipinski definition) is 9. The van der Waals surface area contributed by atoms with Crippen molar-refractivity contribution in [3.8, 4) is 17.2 Å². The van der Waals surface area contributed by atoms with Gasteiger partial charge < -0.3 is 24.1 Å². The normalized spacial score (nSPS) is 15.6. The van der Waals surface area contributed by atoms with Crippen molar-refractivity contribution < 1.29 is 33.6 Å². The van der Waals surface area contributed by atoms with Crippen LogP contribution in [0.5, 0.6) is 17.2 Å². The Balaban J connectivity index is 1.31. The number of aromatic nitrogens is 1. The minimum Gasteiger partial charge on any atom is -0.489 e. The van der Waals surface area contributed by atoms with Crippen LogP contribution in [0.4, 0.5) is 0 Å². The first-order valence-corrected chi connectivity index (χ1v) is 14.3. The van der Waals surface area contributed by atoms with E-state index in [0.29, 0.717) is 43.4 Å². The Morgan fingerprint density at radius 3 is 2.53 bits per heavy atom. The van der Waals surface area contributed by atoms with Crippen LogP contribution in [0, 0.1) is 0 Å². The van der Waals surface area contributed by atoms with Crippen molar-refractivity contribution in [3.05, 3.63) is 120 Å². The van der Waals surface area contributed by atoms with Crippen molar-refractivity contribution in [2.75, 3.05) is 13.4 Å². The molecule has 0 unspecified atom stereocenters. The number of nitrogens with zero attached hydrogens (tertiary/aromatic N) is 2. The maximum absolute atomic E-state index is 13.9. The molecule has 0 bridgehead atoms. The molecule has 11 heteroatoms. The molecule has 1 N–H and O–H groups in total. The number of carbonyl (C=O) groups excluding carboxylic acids is 1. The van der Waals surface area contributed by atoms with Crippen molar-refractivity contribution in [1.82, 2.24) is 4.57 Å². The topological polar surface area (TPSA) is 126 Å². The van der Waals surface area contributed by atoms with Crippen LogP contribution in [-0.2, 0) is 16.1 Å². The lowest BCUT2D eigenvalue weighted by atomic mass is 9.95. The Morgan fingerprint density at radius 2 is 1.81 bits per heavy atom. The van der Waals surface area contributed by atoms with Crippen molar-refractivity contribution >= 4 is 29.4 Å². The predicted molar refractivity (Wildman–Crippen MR) is 157 cm³/mol. The van der Waals surface area contributed by atoms with E-state index in [9.17, 15) is 14.4 Å². The lowest BCUT2D eigenvalue weighted by molar-refractivity contribution is -0.139. The van der Waals surface area contributed by atoms with Gasteiger partial charge in [0.15, 0.2) is 16.3 Å². The first kappa shape index (κ1) is 28.0. The fourth-order valence-electron chi connectivity index (χ4n) is 4.91. The fraction of sp³-hybridized carbons (Fsp3) is 0.188. The van der Waals surface area contributed by atoms with Gasteiger partial charge in [0.1, 0.15) is 12.4 Å². The number of esters is 1. The summed E-state index contributed by atoms with van der Waals surface area (Å²) < 4.78 is 24.2. The highest BCUT2D eigenvalue weighted by Crippen LogP contribution is 2.38. The van der Waals surface area contributed by atoms with E-state index in [1.807, 2.05) is 18.2 Å². The number of carboxylic acid groups (broad SMARTS) is 1. The van der Waals surface area contributed by atoms with Gasteiger partial charge in [-0.2, -0.15) is 0 Å². The molecule has 43 heavy (non-hydrogen) atoms. The lowest BCUT2D eigenvalue weighted by Crippen LogP contribution is -2.39. The van der Waals surface area contributed by atoms with Crippen LogP contribution >= 0.6 is 11.3 Å². The number of carboxylic acids is 1. The maximum Gasteiger partial charge on any atom is 0.338 e. The van der Waals surface area contributed by atoms with Gasteiger partial charge in [0, 0.05) is 0 Å². The molecule has 6 rings (SSSR count). The zero-order chi connectivity index (χ0) is 30.1. The molecule has 3 heterocycles. The third-order valence-corrected chi connectivity index (χ3v) is 8.00. The summed E-state index contributed by atoms with van der Waals surface area (Å²) in [6.45, 7) is 4.03. The van der Waals surface area contributed by atoms with Gasteiger partial charge in [-0.3, -0.25) is 9.36 Å². The average Bonchev–Trinajstić information content (AvgIpc) is 3.59. The zero-order valence-corrected chi connectivity index (χ0v) is 24.1. The Morgan fingerprint density at radius 1 is 1.07 bits per heavy atom. The van der Waals surface area contributed by atoms with E-state index in [2.05, 4.69) is 4.99 Å². The van der Waals surface area contributed by atoms with Crippen molar-refractivity contribution in [1.29, 1.82) is 0 Å². The summed E-state index contributed by atoms with van der Waals surface area (Å²) in [6, 6.07) is 18.4. The molecule has 0 amide bonds. The summed E-state index contributed by atoms with van der Waals surface area (Å²) in [5.74, 6) is 0.246. The highest BCUT2D eigenvalue weighted by atomic mass is 32.1. The molecule has 1 aromatic heterocycles. The summed E-state index contributed by atoms with van der Waals surface area (Å²) in [4.78, 5) is 43.1. The maximum atomic E-state index is 13.9. The quantitative estimate of drug-likeness (QED) is 0.304. The van der Waals surface area contributed by atoms with Crippen LogP contribution in [0.2, 0.25) is 0 Å². The SMILES string of the molecule is CCOC(=O)C1=C(C)N=c2s/c(=C/c3ccc(OCc4ccc(C(=O)O)cc4)cc3)c(=O)n2[C@H]1c1ccc2c(c1)OCO2. The Hall–Kier alpha value is -5.16. The number of fused-ring (bicyclic) bond motifs is 2. The number of benzene rings is 3. The average molecular weight is 599 g/mol. The third kappa shape index (κ3) is 5.54. The molecule has 10 nitrogen and oxygen atoms in total. The molecule has 1 atom stereocenters. The molecule has 2 aliphatic rings. The highest BCUT2D eigenvalue weighted by Gasteiger charge is 2.34. The molecule has 4 aromatic rings. The first-order valence-electron chi connectivity index (χ1n) is 13.5. The van der Waals surface area contributed by atoms with Crippen LogP contribution in [0.3, 0.4) is 0 Å². The van der Waals surface area contributed by atoms with E-state index in [1.54, 1.807) is 56.3 Å². The third-order valence-electron chi connectivity index (χ3n) is 7.01. The lowest BCUT2D eigenvalue weighted by Gasteiger charge is -2.24. The van der Waals surface area contributed by atoms with Gasteiger partial charge in [0.25, 0.3) is 5.56 Å². The van der Waals surface area contributed by atoms with Crippen LogP contribution in [0.15, 0.2) is 87.8 Å². The van der Waals surface area contributed by atoms with Gasteiger partial charge in [-0.05, 0) is 73.0 Å². The summed E-state index contributed by atoms with van der Waals surface area (Å²) >= 11 is 1.24. The molecule has 218 valence electrons. The highest BCUT2D eigenvalue weighted by molar-refractivity contribution is 7.07. The number of hydrogen-bond donors (Lipinski definition) is 1. The predicted octanol–water partition coefficient (Wildman–Crippen LogP) is 3.80. The standard InChI is InChI=1S/C32H26N2O8S/c1-3-39-31(38)27-18(2)33-32-34(28(27)22-10-13-24-25(15-22)42-17-41-24)29(35)26(43-32)14-19-6-11-23(12-7-19)40-16-20-4-8-21(9-5-20)30(36)37/h4-15,28H,3,16-17H2,1-2H3,(H,36,37)/b26-14+/t28-/m0/s1. The van der Waals surface area contributed by atoms with Crippen molar-refractivity contribution in [3.63, 3.8) is 0 Å². The van der Waals surface area contributed by atoms with E-state index in [1.165, 1.54) is 28.0 Å². The molecule has 0 fully saturated rings. The number of rotatable bonds is 8. The van der Waals surface area contributed by atoms with Crippen molar-refractivity contribution in [2.45, 2.75) is 26.5 Å². The second kappa shape index (κ2) is 11.6. The number of ether oxygens (including phenoxy) is 4. The van der Waals surface area contributed by atoms with Gasteiger partial charge in [-0.1, -0.05) is 41.7 Å². The molecular formula is C32H26N2O8S. The van der Waals surface area contributed by atoms with Gasteiger partial charge in [-0.15, -0.1) is 0 Å². The van der Waals surface area contributed by atoms with Crippen LogP contribution < -0.4 is 29.1 Å². The van der Waals surface area contributed by atoms with E-state index < -0.39 is 18.0 Å². The minimum atomic E-state index is -0.978. The van der Waals surface area contributed by atoms with Crippen LogP contribution in [0.25, 0.3) is 6.08 Å². The smallest absolute Gasteiger partial charge is 0.338 e. The van der Waals surface area contributed by atoms with E-state index in [-0.39, 0.29) is 31.1 Å². The largest absolute Gasteiger partial charge is 0.489 e. The Kier molecular flexibility index (Phi) is 7.56. The Labute approximate surface area is 249 Å². The van der Waals surface area contributed by atoms with Gasteiger partial charge in [0.2, 0.25) is 6.79 Å². The molecule has 0 radical (unpaired) electrons. The van der Waals surface area contributed by atoms with Crippen LogP contribution in [-0.4, -0.2) is 35.0 Å². The minimum absolute atomic E-state index is 0.102. The van der Waals surface area contributed by atoms with E-state index in [4.69, 9.17) is 24.1 Å². The number of thiazole rings is 1. The van der Waals surface area contributed by atoms with E-state index in [0.717, 1.165) is 11.1 Å². The number of allylic oxidation sites excluding steroid dienone is 1. The molecule has 3 aromatic carbocycles. The van der Waals surface area contributed by atoms with Crippen LogP contribution in [0.1, 0.15) is 46.9 Å². The van der Waals surface area contributed by atoms with Gasteiger partial charge >= 0.3 is 11.9 Å². The van der Waals surface area contributed by atoms with Gasteiger partial charge in [-0.25, -0.2) is 14.6 Å². The van der Waals surface area contributed by atoms with E-state index >= 15 is 0 Å². The first-order chi connectivity index (χ1) is 20.8. The number of aromatic carboxylic acids is 1. The second-order valence-electron chi connectivity index (χ2n) is 9.77. The molecule has 0 spiro atoms. The monoisotopic (exact) mass is 598 g/mol. The molecule has 2 aliphatic heterocycles. The summed E-state index contributed by atoms with van der Waals surface area (Å²) in [7, 11) is 0. The summed E-state index contributed by atoms with van der Waals surface area (Å²) in [5.41, 5.74) is 2.99. The molecule has 0 saturated heterocycles. The zero-order valence-electron chi connectivity index (χ0n) is 23.2. The summed E-state index contributed by atoms with van der Waals surface area (Å²) in [6.07, 6.45) is 1.78. The molecule has 0 aliphatic carbocycles. The fourth-order valence-corrected chi connectivity index (χ4v) is 5.96. The summed E-state index contributed by atoms with van der Waals surface area (Å²) in [5, 5.41) is 9.05.